The molecule has 2 aromatic rings. The van der Waals surface area contributed by atoms with Crippen molar-refractivity contribution in [1.29, 1.82) is 0 Å². The summed E-state index contributed by atoms with van der Waals surface area (Å²) in [5.41, 5.74) is 0. The third kappa shape index (κ3) is 11.5. The van der Waals surface area contributed by atoms with E-state index in [9.17, 15) is 20.4 Å². The summed E-state index contributed by atoms with van der Waals surface area (Å²) >= 11 is 0. The van der Waals surface area contributed by atoms with Crippen LogP contribution in [-0.4, -0.2) is 86.5 Å². The fourth-order valence-corrected chi connectivity index (χ4v) is 2.50. The SMILES string of the molecule is Oc1cc(O)cc(OCCOCCOCCOCCOCCOc2cc(O)cc(O)c2)c1. The topological polar surface area (TPSA) is 136 Å². The molecule has 0 bridgehead atoms. The first-order valence-corrected chi connectivity index (χ1v) is 10.2. The molecule has 2 rings (SSSR count). The zero-order chi connectivity index (χ0) is 23.0. The van der Waals surface area contributed by atoms with E-state index in [0.717, 1.165) is 0 Å². The van der Waals surface area contributed by atoms with Gasteiger partial charge in [0.2, 0.25) is 0 Å². The zero-order valence-corrected chi connectivity index (χ0v) is 17.8. The second-order valence-corrected chi connectivity index (χ2v) is 6.52. The summed E-state index contributed by atoms with van der Waals surface area (Å²) in [4.78, 5) is 0. The molecule has 10 nitrogen and oxygen atoms in total. The van der Waals surface area contributed by atoms with Gasteiger partial charge in [-0.15, -0.1) is 0 Å². The standard InChI is InChI=1S/C22H30O10/c23-17-11-18(24)14-21(13-17)31-9-7-29-5-3-27-1-2-28-4-6-30-8-10-32-22-15-19(25)12-20(26)16-22/h11-16,23-26H,1-10H2. The minimum Gasteiger partial charge on any atom is -0.508 e. The zero-order valence-electron chi connectivity index (χ0n) is 17.8. The van der Waals surface area contributed by atoms with E-state index in [1.165, 1.54) is 36.4 Å². The summed E-state index contributed by atoms with van der Waals surface area (Å²) in [6.45, 7) is 3.82. The Balaban J connectivity index is 1.32. The number of aromatic hydroxyl groups is 4. The Kier molecular flexibility index (Phi) is 11.9. The molecule has 32 heavy (non-hydrogen) atoms. The molecule has 178 valence electrons. The molecule has 0 saturated heterocycles. The van der Waals surface area contributed by atoms with Crippen LogP contribution in [-0.2, 0) is 18.9 Å². The second kappa shape index (κ2) is 15.0. The normalized spacial score (nSPS) is 10.9. The lowest BCUT2D eigenvalue weighted by Gasteiger charge is -2.09. The van der Waals surface area contributed by atoms with Crippen molar-refractivity contribution < 1.29 is 48.8 Å². The minimum absolute atomic E-state index is 0.0658. The predicted molar refractivity (Wildman–Crippen MR) is 114 cm³/mol. The fraction of sp³-hybridized carbons (Fsp3) is 0.455. The van der Waals surface area contributed by atoms with E-state index in [2.05, 4.69) is 0 Å². The molecule has 0 spiro atoms. The molecule has 10 heteroatoms. The molecular formula is C22H30O10. The highest BCUT2D eigenvalue weighted by atomic mass is 16.6. The molecule has 0 aliphatic carbocycles. The molecule has 0 aliphatic heterocycles. The summed E-state index contributed by atoms with van der Waals surface area (Å²) in [7, 11) is 0. The van der Waals surface area contributed by atoms with Crippen molar-refractivity contribution in [2.24, 2.45) is 0 Å². The van der Waals surface area contributed by atoms with Crippen LogP contribution in [0.25, 0.3) is 0 Å². The number of hydrogen-bond acceptors (Lipinski definition) is 10. The van der Waals surface area contributed by atoms with Gasteiger partial charge in [0.25, 0.3) is 0 Å². The molecule has 0 atom stereocenters. The Morgan fingerprint density at radius 1 is 0.375 bits per heavy atom. The van der Waals surface area contributed by atoms with Crippen LogP contribution in [0.3, 0.4) is 0 Å². The van der Waals surface area contributed by atoms with Crippen molar-refractivity contribution >= 4 is 0 Å². The lowest BCUT2D eigenvalue weighted by Crippen LogP contribution is -2.14. The maximum atomic E-state index is 9.35. The van der Waals surface area contributed by atoms with E-state index >= 15 is 0 Å². The number of ether oxygens (including phenoxy) is 6. The smallest absolute Gasteiger partial charge is 0.126 e. The van der Waals surface area contributed by atoms with Crippen LogP contribution in [0.2, 0.25) is 0 Å². The van der Waals surface area contributed by atoms with Crippen LogP contribution in [0.4, 0.5) is 0 Å². The average Bonchev–Trinajstić information content (AvgIpc) is 2.72. The van der Waals surface area contributed by atoms with E-state index in [4.69, 9.17) is 28.4 Å². The van der Waals surface area contributed by atoms with Gasteiger partial charge in [-0.1, -0.05) is 0 Å². The Bertz CT molecular complexity index is 677. The molecule has 0 radical (unpaired) electrons. The molecule has 0 fully saturated rings. The third-order valence-corrected chi connectivity index (χ3v) is 3.86. The van der Waals surface area contributed by atoms with Gasteiger partial charge < -0.3 is 48.8 Å². The maximum absolute atomic E-state index is 9.35. The molecule has 0 unspecified atom stereocenters. The van der Waals surface area contributed by atoms with E-state index < -0.39 is 0 Å². The van der Waals surface area contributed by atoms with E-state index in [0.29, 0.717) is 64.4 Å². The van der Waals surface area contributed by atoms with Gasteiger partial charge in [0.05, 0.1) is 52.9 Å². The highest BCUT2D eigenvalue weighted by Crippen LogP contribution is 2.26. The maximum Gasteiger partial charge on any atom is 0.126 e. The fourth-order valence-electron chi connectivity index (χ4n) is 2.50. The van der Waals surface area contributed by atoms with E-state index in [1.807, 2.05) is 0 Å². The van der Waals surface area contributed by atoms with Crippen LogP contribution < -0.4 is 9.47 Å². The number of rotatable bonds is 17. The minimum atomic E-state index is -0.0658. The Labute approximate surface area is 186 Å². The number of hydrogen-bond donors (Lipinski definition) is 4. The first-order chi connectivity index (χ1) is 15.5. The van der Waals surface area contributed by atoms with Crippen molar-refractivity contribution in [1.82, 2.24) is 0 Å². The monoisotopic (exact) mass is 454 g/mol. The van der Waals surface area contributed by atoms with Gasteiger partial charge >= 0.3 is 0 Å². The van der Waals surface area contributed by atoms with E-state index in [-0.39, 0.29) is 36.2 Å². The Morgan fingerprint density at radius 2 is 0.625 bits per heavy atom. The van der Waals surface area contributed by atoms with Gasteiger partial charge in [0, 0.05) is 36.4 Å². The summed E-state index contributed by atoms with van der Waals surface area (Å²) in [6, 6.07) is 8.08. The van der Waals surface area contributed by atoms with Gasteiger partial charge in [-0.05, 0) is 0 Å². The van der Waals surface area contributed by atoms with Crippen LogP contribution >= 0.6 is 0 Å². The summed E-state index contributed by atoms with van der Waals surface area (Å²) in [5.74, 6) is 0.474. The molecule has 2 aromatic carbocycles. The first kappa shape index (κ1) is 25.3. The molecule has 0 heterocycles. The van der Waals surface area contributed by atoms with Gasteiger partial charge in [0.15, 0.2) is 0 Å². The van der Waals surface area contributed by atoms with Gasteiger partial charge in [0.1, 0.15) is 47.7 Å². The summed E-state index contributed by atoms with van der Waals surface area (Å²) < 4.78 is 32.2. The number of benzene rings is 2. The van der Waals surface area contributed by atoms with E-state index in [1.54, 1.807) is 0 Å². The molecule has 4 N–H and O–H groups in total. The van der Waals surface area contributed by atoms with Crippen molar-refractivity contribution in [3.8, 4) is 34.5 Å². The van der Waals surface area contributed by atoms with Crippen molar-refractivity contribution in [3.63, 3.8) is 0 Å². The Hall–Kier alpha value is -2.92. The molecule has 0 aromatic heterocycles. The van der Waals surface area contributed by atoms with Crippen LogP contribution in [0.1, 0.15) is 0 Å². The largest absolute Gasteiger partial charge is 0.508 e. The van der Waals surface area contributed by atoms with Crippen molar-refractivity contribution in [3.05, 3.63) is 36.4 Å². The second-order valence-electron chi connectivity index (χ2n) is 6.52. The third-order valence-electron chi connectivity index (χ3n) is 3.86. The lowest BCUT2D eigenvalue weighted by atomic mass is 10.3. The molecule has 0 aliphatic rings. The highest BCUT2D eigenvalue weighted by molar-refractivity contribution is 5.41. The van der Waals surface area contributed by atoms with Crippen LogP contribution in [0.5, 0.6) is 34.5 Å². The van der Waals surface area contributed by atoms with Crippen molar-refractivity contribution in [2.45, 2.75) is 0 Å². The molecule has 0 amide bonds. The van der Waals surface area contributed by atoms with Crippen molar-refractivity contribution in [2.75, 3.05) is 66.1 Å². The quantitative estimate of drug-likeness (QED) is 0.263. The average molecular weight is 454 g/mol. The molecular weight excluding hydrogens is 424 g/mol. The highest BCUT2D eigenvalue weighted by Gasteiger charge is 2.01. The van der Waals surface area contributed by atoms with Gasteiger partial charge in [-0.2, -0.15) is 0 Å². The number of phenols is 4. The predicted octanol–water partition coefficient (Wildman–Crippen LogP) is 2.03. The van der Waals surface area contributed by atoms with Gasteiger partial charge in [-0.3, -0.25) is 0 Å². The Morgan fingerprint density at radius 3 is 0.906 bits per heavy atom. The first-order valence-electron chi connectivity index (χ1n) is 10.2. The number of phenolic OH excluding ortho intramolecular Hbond substituents is 4. The lowest BCUT2D eigenvalue weighted by molar-refractivity contribution is -0.00700. The van der Waals surface area contributed by atoms with Crippen LogP contribution in [0, 0.1) is 0 Å². The van der Waals surface area contributed by atoms with Gasteiger partial charge in [-0.25, -0.2) is 0 Å². The summed E-state index contributed by atoms with van der Waals surface area (Å²) in [5, 5.41) is 37.4. The molecule has 0 saturated carbocycles. The summed E-state index contributed by atoms with van der Waals surface area (Å²) in [6.07, 6.45) is 0. The van der Waals surface area contributed by atoms with Crippen LogP contribution in [0.15, 0.2) is 36.4 Å².